The van der Waals surface area contributed by atoms with Crippen molar-refractivity contribution in [2.45, 2.75) is 13.0 Å². The summed E-state index contributed by atoms with van der Waals surface area (Å²) < 4.78 is 1.29. The van der Waals surface area contributed by atoms with E-state index in [-0.39, 0.29) is 18.0 Å². The molecular formula is C5H5N5O3. The molecule has 0 aromatic carbocycles. The Bertz CT molecular complexity index is 395. The van der Waals surface area contributed by atoms with E-state index < -0.39 is 10.6 Å². The molecule has 0 spiro atoms. The van der Waals surface area contributed by atoms with Crippen molar-refractivity contribution >= 4 is 5.70 Å². The number of rotatable bonds is 1. The highest BCUT2D eigenvalue weighted by molar-refractivity contribution is 5.54. The lowest BCUT2D eigenvalue weighted by atomic mass is 10.2. The van der Waals surface area contributed by atoms with E-state index in [9.17, 15) is 15.2 Å². The van der Waals surface area contributed by atoms with E-state index in [1.165, 1.54) is 4.68 Å². The molecule has 1 aliphatic heterocycles. The van der Waals surface area contributed by atoms with Gasteiger partial charge < -0.3 is 5.11 Å². The normalized spacial score (nSPS) is 15.7. The Balaban J connectivity index is 2.59. The third-order valence-corrected chi connectivity index (χ3v) is 1.76. The molecule has 13 heavy (non-hydrogen) atoms. The molecule has 0 unspecified atom stereocenters. The Morgan fingerprint density at radius 2 is 2.38 bits per heavy atom. The molecule has 1 N–H and O–H groups in total. The summed E-state index contributed by atoms with van der Waals surface area (Å²) in [6.07, 6.45) is 0.189. The Labute approximate surface area is 71.6 Å². The maximum Gasteiger partial charge on any atom is 0.352 e. The summed E-state index contributed by atoms with van der Waals surface area (Å²) in [7, 11) is 0. The van der Waals surface area contributed by atoms with Crippen LogP contribution in [0.2, 0.25) is 0 Å². The lowest BCUT2D eigenvalue weighted by Gasteiger charge is -2.08. The summed E-state index contributed by atoms with van der Waals surface area (Å²) in [4.78, 5) is 9.82. The number of aryl methyl sites for hydroxylation is 1. The molecule has 8 nitrogen and oxygen atoms in total. The van der Waals surface area contributed by atoms with Crippen LogP contribution in [0.15, 0.2) is 5.76 Å². The van der Waals surface area contributed by atoms with Gasteiger partial charge in [-0.1, -0.05) is 0 Å². The summed E-state index contributed by atoms with van der Waals surface area (Å²) in [5, 5.41) is 30.0. The van der Waals surface area contributed by atoms with Crippen LogP contribution in [0, 0.1) is 10.1 Å². The lowest BCUT2D eigenvalue weighted by Crippen LogP contribution is -2.17. The minimum Gasteiger partial charge on any atom is -0.506 e. The van der Waals surface area contributed by atoms with Gasteiger partial charge in [-0.2, -0.15) is 0 Å². The number of aliphatic hydroxyl groups is 1. The number of hydrogen-bond donors (Lipinski definition) is 1. The van der Waals surface area contributed by atoms with E-state index in [2.05, 4.69) is 15.5 Å². The first-order valence-electron chi connectivity index (χ1n) is 3.53. The molecule has 0 fully saturated rings. The average Bonchev–Trinajstić information content (AvgIpc) is 2.50. The number of aliphatic hydroxyl groups excluding tert-OH is 1. The molecule has 1 aromatic heterocycles. The summed E-state index contributed by atoms with van der Waals surface area (Å²) in [5.74, 6) is -0.263. The fourth-order valence-electron chi connectivity index (χ4n) is 1.17. The molecule has 0 aliphatic carbocycles. The molecule has 2 heterocycles. The molecule has 0 saturated carbocycles. The number of nitro groups is 1. The second-order valence-electron chi connectivity index (χ2n) is 2.53. The Kier molecular flexibility index (Phi) is 1.47. The Morgan fingerprint density at radius 1 is 1.62 bits per heavy atom. The molecule has 0 saturated heterocycles. The van der Waals surface area contributed by atoms with Gasteiger partial charge in [-0.05, 0) is 10.4 Å². The molecule has 0 bridgehead atoms. The fourth-order valence-corrected chi connectivity index (χ4v) is 1.17. The van der Waals surface area contributed by atoms with Crippen molar-refractivity contribution in [3.63, 3.8) is 0 Å². The van der Waals surface area contributed by atoms with Gasteiger partial charge >= 0.3 is 5.70 Å². The zero-order chi connectivity index (χ0) is 9.42. The van der Waals surface area contributed by atoms with E-state index in [1.807, 2.05) is 0 Å². The van der Waals surface area contributed by atoms with Crippen LogP contribution in [0.25, 0.3) is 5.70 Å². The van der Waals surface area contributed by atoms with Crippen molar-refractivity contribution in [2.24, 2.45) is 0 Å². The van der Waals surface area contributed by atoms with E-state index in [1.54, 1.807) is 0 Å². The van der Waals surface area contributed by atoms with Gasteiger partial charge in [0.25, 0.3) is 5.82 Å². The highest BCUT2D eigenvalue weighted by Gasteiger charge is 2.31. The smallest absolute Gasteiger partial charge is 0.352 e. The number of fused-ring (bicyclic) bond motifs is 1. The van der Waals surface area contributed by atoms with Gasteiger partial charge in [0.2, 0.25) is 0 Å². The van der Waals surface area contributed by atoms with Crippen LogP contribution < -0.4 is 0 Å². The van der Waals surface area contributed by atoms with Crippen LogP contribution in [0.5, 0.6) is 0 Å². The number of allylic oxidation sites excluding steroid dienone is 1. The predicted octanol–water partition coefficient (Wildman–Crippen LogP) is -0.420. The number of aromatic nitrogens is 4. The lowest BCUT2D eigenvalue weighted by molar-refractivity contribution is -0.379. The Hall–Kier alpha value is -1.99. The SMILES string of the molecule is O=[N+]([O-])C1=C(O)CCn2nnnc21. The summed E-state index contributed by atoms with van der Waals surface area (Å²) in [6, 6.07) is 0. The molecule has 0 atom stereocenters. The minimum atomic E-state index is -0.684. The van der Waals surface area contributed by atoms with E-state index in [0.29, 0.717) is 6.54 Å². The van der Waals surface area contributed by atoms with Crippen LogP contribution >= 0.6 is 0 Å². The maximum absolute atomic E-state index is 10.5. The van der Waals surface area contributed by atoms with E-state index >= 15 is 0 Å². The van der Waals surface area contributed by atoms with Gasteiger partial charge in [-0.3, -0.25) is 10.1 Å². The standard InChI is InChI=1S/C5H5N5O3/c11-3-1-2-9-5(6-7-8-9)4(3)10(12)13/h11H,1-2H2. The number of hydrogen-bond acceptors (Lipinski definition) is 6. The van der Waals surface area contributed by atoms with Gasteiger partial charge in [0.1, 0.15) is 0 Å². The molecule has 0 amide bonds. The van der Waals surface area contributed by atoms with E-state index in [0.717, 1.165) is 0 Å². The molecule has 1 aromatic rings. The number of tetrazole rings is 1. The average molecular weight is 183 g/mol. The van der Waals surface area contributed by atoms with Crippen LogP contribution in [-0.2, 0) is 6.54 Å². The van der Waals surface area contributed by atoms with Crippen molar-refractivity contribution in [2.75, 3.05) is 0 Å². The van der Waals surface area contributed by atoms with Gasteiger partial charge in [0, 0.05) is 6.42 Å². The van der Waals surface area contributed by atoms with Crippen LogP contribution in [0.3, 0.4) is 0 Å². The molecular weight excluding hydrogens is 178 g/mol. The van der Waals surface area contributed by atoms with Gasteiger partial charge in [0.15, 0.2) is 5.76 Å². The molecule has 1 aliphatic rings. The molecule has 2 rings (SSSR count). The zero-order valence-corrected chi connectivity index (χ0v) is 6.41. The third kappa shape index (κ3) is 1.03. The van der Waals surface area contributed by atoms with Crippen molar-refractivity contribution in [3.8, 4) is 0 Å². The first-order valence-corrected chi connectivity index (χ1v) is 3.53. The van der Waals surface area contributed by atoms with Crippen molar-refractivity contribution < 1.29 is 10.0 Å². The first-order chi connectivity index (χ1) is 6.20. The monoisotopic (exact) mass is 183 g/mol. The van der Waals surface area contributed by atoms with Crippen LogP contribution in [-0.4, -0.2) is 30.2 Å². The Morgan fingerprint density at radius 3 is 3.08 bits per heavy atom. The van der Waals surface area contributed by atoms with Crippen LogP contribution in [0.1, 0.15) is 12.2 Å². The number of nitrogens with zero attached hydrogens (tertiary/aromatic N) is 5. The molecule has 8 heteroatoms. The van der Waals surface area contributed by atoms with Gasteiger partial charge in [-0.15, -0.1) is 5.10 Å². The zero-order valence-electron chi connectivity index (χ0n) is 6.41. The highest BCUT2D eigenvalue weighted by atomic mass is 16.6. The van der Waals surface area contributed by atoms with E-state index in [4.69, 9.17) is 0 Å². The van der Waals surface area contributed by atoms with Crippen molar-refractivity contribution in [1.29, 1.82) is 0 Å². The third-order valence-electron chi connectivity index (χ3n) is 1.76. The topological polar surface area (TPSA) is 107 Å². The predicted molar refractivity (Wildman–Crippen MR) is 39.0 cm³/mol. The quantitative estimate of drug-likeness (QED) is 0.468. The van der Waals surface area contributed by atoms with Gasteiger partial charge in [0.05, 0.1) is 11.5 Å². The van der Waals surface area contributed by atoms with Crippen molar-refractivity contribution in [3.05, 3.63) is 21.7 Å². The fraction of sp³-hybridized carbons (Fsp3) is 0.400. The summed E-state index contributed by atoms with van der Waals surface area (Å²) >= 11 is 0. The maximum atomic E-state index is 10.5. The molecule has 68 valence electrons. The summed E-state index contributed by atoms with van der Waals surface area (Å²) in [5.41, 5.74) is -0.406. The highest BCUT2D eigenvalue weighted by Crippen LogP contribution is 2.22. The second-order valence-corrected chi connectivity index (χ2v) is 2.53. The molecule has 0 radical (unpaired) electrons. The minimum absolute atomic E-state index is 0.00810. The first kappa shape index (κ1) is 7.65. The van der Waals surface area contributed by atoms with Crippen molar-refractivity contribution in [1.82, 2.24) is 20.2 Å². The largest absolute Gasteiger partial charge is 0.506 e. The van der Waals surface area contributed by atoms with Crippen LogP contribution in [0.4, 0.5) is 0 Å². The van der Waals surface area contributed by atoms with Gasteiger partial charge in [-0.25, -0.2) is 4.68 Å². The second kappa shape index (κ2) is 2.51. The summed E-state index contributed by atoms with van der Waals surface area (Å²) in [6.45, 7) is 0.367.